The topological polar surface area (TPSA) is 41.6 Å². The fraction of sp³-hybridized carbons (Fsp3) is 0.238. The number of methoxy groups -OCH3 is 1. The molecule has 0 radical (unpaired) electrons. The van der Waals surface area contributed by atoms with Gasteiger partial charge in [0.1, 0.15) is 5.82 Å². The normalized spacial score (nSPS) is 17.0. The first kappa shape index (κ1) is 19.0. The number of nitrogens with one attached hydrogen (secondary N) is 1. The molecular formula is C21H21FN2O2S. The van der Waals surface area contributed by atoms with Gasteiger partial charge in [-0.2, -0.15) is 0 Å². The van der Waals surface area contributed by atoms with Gasteiger partial charge in [0.2, 0.25) is 0 Å². The third-order valence-corrected chi connectivity index (χ3v) is 5.14. The number of hydrogen-bond acceptors (Lipinski definition) is 3. The first-order valence-corrected chi connectivity index (χ1v) is 8.96. The molecule has 0 spiro atoms. The van der Waals surface area contributed by atoms with E-state index in [1.165, 1.54) is 24.8 Å². The Kier molecular flexibility index (Phi) is 5.28. The first-order chi connectivity index (χ1) is 12.8. The fourth-order valence-electron chi connectivity index (χ4n) is 3.20. The van der Waals surface area contributed by atoms with Crippen LogP contribution in [0.25, 0.3) is 0 Å². The SMILES string of the molecule is COC(=O)C1=C(C)N(c2ccc(C)c(C)c2)C(=S)NC1c1ccc(F)cc1. The highest BCUT2D eigenvalue weighted by atomic mass is 32.1. The summed E-state index contributed by atoms with van der Waals surface area (Å²) in [6.45, 7) is 5.91. The zero-order valence-electron chi connectivity index (χ0n) is 15.7. The van der Waals surface area contributed by atoms with Crippen molar-refractivity contribution in [1.29, 1.82) is 0 Å². The van der Waals surface area contributed by atoms with E-state index >= 15 is 0 Å². The van der Waals surface area contributed by atoms with Crippen molar-refractivity contribution in [1.82, 2.24) is 5.32 Å². The zero-order valence-corrected chi connectivity index (χ0v) is 16.5. The van der Waals surface area contributed by atoms with Crippen LogP contribution in [0.4, 0.5) is 10.1 Å². The summed E-state index contributed by atoms with van der Waals surface area (Å²) in [5.41, 5.74) is 5.03. The van der Waals surface area contributed by atoms with E-state index in [4.69, 9.17) is 17.0 Å². The number of benzene rings is 2. The zero-order chi connectivity index (χ0) is 19.7. The number of halogens is 1. The number of rotatable bonds is 3. The summed E-state index contributed by atoms with van der Waals surface area (Å²) in [6, 6.07) is 11.5. The summed E-state index contributed by atoms with van der Waals surface area (Å²) in [5, 5.41) is 3.68. The van der Waals surface area contributed by atoms with Crippen molar-refractivity contribution >= 4 is 29.0 Å². The van der Waals surface area contributed by atoms with Crippen molar-refractivity contribution < 1.29 is 13.9 Å². The predicted molar refractivity (Wildman–Crippen MR) is 108 cm³/mol. The predicted octanol–water partition coefficient (Wildman–Crippen LogP) is 4.33. The van der Waals surface area contributed by atoms with E-state index in [-0.39, 0.29) is 5.82 Å². The van der Waals surface area contributed by atoms with Crippen LogP contribution >= 0.6 is 12.2 Å². The Morgan fingerprint density at radius 1 is 1.11 bits per heavy atom. The number of carbonyl (C=O) groups excluding carboxylic acids is 1. The van der Waals surface area contributed by atoms with Crippen molar-refractivity contribution in [2.24, 2.45) is 0 Å². The van der Waals surface area contributed by atoms with Crippen LogP contribution in [-0.4, -0.2) is 18.2 Å². The molecule has 1 aliphatic heterocycles. The number of hydrogen-bond donors (Lipinski definition) is 1. The number of aryl methyl sites for hydroxylation is 2. The van der Waals surface area contributed by atoms with Crippen molar-refractivity contribution in [2.75, 3.05) is 12.0 Å². The van der Waals surface area contributed by atoms with Crippen LogP contribution in [0.5, 0.6) is 0 Å². The molecule has 1 atom stereocenters. The Morgan fingerprint density at radius 3 is 2.37 bits per heavy atom. The van der Waals surface area contributed by atoms with Crippen molar-refractivity contribution in [3.05, 3.63) is 76.2 Å². The van der Waals surface area contributed by atoms with Crippen LogP contribution in [0.3, 0.4) is 0 Å². The third kappa shape index (κ3) is 3.57. The highest BCUT2D eigenvalue weighted by Crippen LogP contribution is 2.34. The fourth-order valence-corrected chi connectivity index (χ4v) is 3.56. The molecule has 4 nitrogen and oxygen atoms in total. The monoisotopic (exact) mass is 384 g/mol. The summed E-state index contributed by atoms with van der Waals surface area (Å²) in [4.78, 5) is 14.4. The van der Waals surface area contributed by atoms with Gasteiger partial charge in [0.25, 0.3) is 0 Å². The summed E-state index contributed by atoms with van der Waals surface area (Å²) < 4.78 is 18.3. The number of ether oxygens (including phenoxy) is 1. The van der Waals surface area contributed by atoms with E-state index in [0.29, 0.717) is 16.4 Å². The molecule has 0 saturated heterocycles. The van der Waals surface area contributed by atoms with Gasteiger partial charge in [-0.3, -0.25) is 4.90 Å². The Balaban J connectivity index is 2.14. The molecule has 1 heterocycles. The number of carbonyl (C=O) groups is 1. The lowest BCUT2D eigenvalue weighted by molar-refractivity contribution is -0.136. The van der Waals surface area contributed by atoms with E-state index in [1.807, 2.05) is 43.9 Å². The van der Waals surface area contributed by atoms with Crippen molar-refractivity contribution in [3.63, 3.8) is 0 Å². The van der Waals surface area contributed by atoms with Crippen LogP contribution in [0.15, 0.2) is 53.7 Å². The van der Waals surface area contributed by atoms with Gasteiger partial charge in [-0.15, -0.1) is 0 Å². The highest BCUT2D eigenvalue weighted by Gasteiger charge is 2.35. The molecule has 6 heteroatoms. The minimum Gasteiger partial charge on any atom is -0.466 e. The summed E-state index contributed by atoms with van der Waals surface area (Å²) in [5.74, 6) is -0.792. The third-order valence-electron chi connectivity index (χ3n) is 4.84. The second kappa shape index (κ2) is 7.48. The molecule has 1 aliphatic rings. The molecule has 3 rings (SSSR count). The van der Waals surface area contributed by atoms with Crippen LogP contribution in [-0.2, 0) is 9.53 Å². The second-order valence-corrected chi connectivity index (χ2v) is 6.92. The van der Waals surface area contributed by atoms with E-state index in [1.54, 1.807) is 12.1 Å². The van der Waals surface area contributed by atoms with Gasteiger partial charge in [-0.25, -0.2) is 9.18 Å². The summed E-state index contributed by atoms with van der Waals surface area (Å²) in [7, 11) is 1.34. The van der Waals surface area contributed by atoms with Gasteiger partial charge in [-0.1, -0.05) is 18.2 Å². The average molecular weight is 384 g/mol. The lowest BCUT2D eigenvalue weighted by Crippen LogP contribution is -2.48. The Bertz CT molecular complexity index is 938. The second-order valence-electron chi connectivity index (χ2n) is 6.53. The minimum absolute atomic E-state index is 0.339. The summed E-state index contributed by atoms with van der Waals surface area (Å²) in [6.07, 6.45) is 0. The Labute approximate surface area is 163 Å². The number of allylic oxidation sites excluding steroid dienone is 1. The molecule has 2 aromatic rings. The van der Waals surface area contributed by atoms with E-state index < -0.39 is 12.0 Å². The molecular weight excluding hydrogens is 363 g/mol. The Morgan fingerprint density at radius 2 is 1.78 bits per heavy atom. The summed E-state index contributed by atoms with van der Waals surface area (Å²) >= 11 is 5.60. The van der Waals surface area contributed by atoms with Gasteiger partial charge in [0, 0.05) is 11.4 Å². The molecule has 2 aromatic carbocycles. The maximum atomic E-state index is 13.3. The standard InChI is InChI=1S/C21H21FN2O2S/c1-12-5-10-17(11-13(12)2)24-14(3)18(20(25)26-4)19(23-21(24)27)15-6-8-16(22)9-7-15/h5-11,19H,1-4H3,(H,23,27). The molecule has 0 aliphatic carbocycles. The largest absolute Gasteiger partial charge is 0.466 e. The molecule has 140 valence electrons. The molecule has 0 amide bonds. The molecule has 27 heavy (non-hydrogen) atoms. The minimum atomic E-state index is -0.506. The van der Waals surface area contributed by atoms with E-state index in [2.05, 4.69) is 5.32 Å². The van der Waals surface area contributed by atoms with Crippen LogP contribution in [0.1, 0.15) is 29.7 Å². The van der Waals surface area contributed by atoms with Gasteiger partial charge in [0.05, 0.1) is 18.7 Å². The van der Waals surface area contributed by atoms with Crippen molar-refractivity contribution in [3.8, 4) is 0 Å². The molecule has 1 unspecified atom stereocenters. The average Bonchev–Trinajstić information content (AvgIpc) is 2.64. The number of thiocarbonyl (C=S) groups is 1. The van der Waals surface area contributed by atoms with Crippen LogP contribution in [0, 0.1) is 19.7 Å². The quantitative estimate of drug-likeness (QED) is 0.630. The number of nitrogens with zero attached hydrogens (tertiary/aromatic N) is 1. The lowest BCUT2D eigenvalue weighted by Gasteiger charge is -2.37. The van der Waals surface area contributed by atoms with Crippen LogP contribution < -0.4 is 10.2 Å². The number of esters is 1. The first-order valence-electron chi connectivity index (χ1n) is 8.56. The van der Waals surface area contributed by atoms with Gasteiger partial charge in [0.15, 0.2) is 5.11 Å². The molecule has 0 bridgehead atoms. The maximum absolute atomic E-state index is 13.3. The van der Waals surface area contributed by atoms with E-state index in [9.17, 15) is 9.18 Å². The van der Waals surface area contributed by atoms with Gasteiger partial charge < -0.3 is 10.1 Å². The smallest absolute Gasteiger partial charge is 0.337 e. The molecule has 0 aromatic heterocycles. The molecule has 0 fully saturated rings. The number of anilines is 1. The van der Waals surface area contributed by atoms with Gasteiger partial charge >= 0.3 is 5.97 Å². The lowest BCUT2D eigenvalue weighted by atomic mass is 9.94. The van der Waals surface area contributed by atoms with Crippen molar-refractivity contribution in [2.45, 2.75) is 26.8 Å². The molecule has 0 saturated carbocycles. The van der Waals surface area contributed by atoms with Gasteiger partial charge in [-0.05, 0) is 73.9 Å². The molecule has 1 N–H and O–H groups in total. The maximum Gasteiger partial charge on any atom is 0.337 e. The van der Waals surface area contributed by atoms with E-state index in [0.717, 1.165) is 16.8 Å². The highest BCUT2D eigenvalue weighted by molar-refractivity contribution is 7.80. The van der Waals surface area contributed by atoms with Crippen LogP contribution in [0.2, 0.25) is 0 Å². The Hall–Kier alpha value is -2.73.